The lowest BCUT2D eigenvalue weighted by atomic mass is 10.2. The van der Waals surface area contributed by atoms with Gasteiger partial charge in [-0.25, -0.2) is 13.9 Å². The van der Waals surface area contributed by atoms with Crippen molar-refractivity contribution in [2.24, 2.45) is 0 Å². The van der Waals surface area contributed by atoms with E-state index < -0.39 is 34.9 Å². The number of aromatic nitrogens is 2. The largest absolute Gasteiger partial charge is 0.479 e. The van der Waals surface area contributed by atoms with Gasteiger partial charge in [-0.05, 0) is 19.1 Å². The molecule has 1 N–H and O–H groups in total. The summed E-state index contributed by atoms with van der Waals surface area (Å²) in [5, 5.41) is 13.1. The molecule has 26 heavy (non-hydrogen) atoms. The molecule has 1 aliphatic rings. The Morgan fingerprint density at radius 1 is 1.35 bits per heavy atom. The molecule has 8 nitrogen and oxygen atoms in total. The molecule has 0 radical (unpaired) electrons. The van der Waals surface area contributed by atoms with Gasteiger partial charge in [-0.1, -0.05) is 12.1 Å². The van der Waals surface area contributed by atoms with Crippen LogP contribution in [0.3, 0.4) is 0 Å². The van der Waals surface area contributed by atoms with Crippen LogP contribution in [-0.4, -0.2) is 57.5 Å². The Hall–Kier alpha value is -3.07. The van der Waals surface area contributed by atoms with E-state index >= 15 is 0 Å². The summed E-state index contributed by atoms with van der Waals surface area (Å²) in [4.78, 5) is 37.2. The number of carboxylic acid groups (broad SMARTS) is 1. The molecule has 3 rings (SSSR count). The number of ether oxygens (including phenoxy) is 1. The van der Waals surface area contributed by atoms with Crippen molar-refractivity contribution in [1.82, 2.24) is 14.7 Å². The van der Waals surface area contributed by atoms with Crippen LogP contribution in [0.15, 0.2) is 35.1 Å². The van der Waals surface area contributed by atoms with E-state index in [1.54, 1.807) is 13.0 Å². The van der Waals surface area contributed by atoms with Gasteiger partial charge in [-0.15, -0.1) is 0 Å². The van der Waals surface area contributed by atoms with Crippen LogP contribution in [0.1, 0.15) is 16.2 Å². The summed E-state index contributed by atoms with van der Waals surface area (Å²) >= 11 is 0. The summed E-state index contributed by atoms with van der Waals surface area (Å²) < 4.78 is 20.3. The molecule has 2 aromatic rings. The molecular formula is C17H16FN3O5. The Labute approximate surface area is 147 Å². The lowest BCUT2D eigenvalue weighted by Crippen LogP contribution is -2.49. The Balaban J connectivity index is 1.99. The van der Waals surface area contributed by atoms with Crippen molar-refractivity contribution in [3.63, 3.8) is 0 Å². The predicted molar refractivity (Wildman–Crippen MR) is 87.8 cm³/mol. The monoisotopic (exact) mass is 361 g/mol. The zero-order valence-electron chi connectivity index (χ0n) is 13.9. The highest BCUT2D eigenvalue weighted by molar-refractivity contribution is 5.92. The van der Waals surface area contributed by atoms with Crippen molar-refractivity contribution in [3.05, 3.63) is 57.8 Å². The van der Waals surface area contributed by atoms with Gasteiger partial charge in [0, 0.05) is 18.3 Å². The van der Waals surface area contributed by atoms with Crippen molar-refractivity contribution in [2.45, 2.75) is 13.0 Å². The van der Waals surface area contributed by atoms with Gasteiger partial charge in [0.05, 0.1) is 13.2 Å². The molecule has 0 saturated carbocycles. The fourth-order valence-electron chi connectivity index (χ4n) is 2.70. The summed E-state index contributed by atoms with van der Waals surface area (Å²) in [6, 6.07) is 7.04. The number of carbonyl (C=O) groups excluding carboxylic acids is 1. The second-order valence-electron chi connectivity index (χ2n) is 5.81. The summed E-state index contributed by atoms with van der Waals surface area (Å²) in [7, 11) is 0. The minimum Gasteiger partial charge on any atom is -0.479 e. The van der Waals surface area contributed by atoms with Crippen molar-refractivity contribution in [1.29, 1.82) is 0 Å². The SMILES string of the molecule is Cc1cc(=O)c(C(=O)N2CCOC(C(=O)O)C2)nn1-c1ccccc1F. The minimum atomic E-state index is -1.19. The van der Waals surface area contributed by atoms with Crippen LogP contribution in [0.5, 0.6) is 0 Å². The number of hydrogen-bond donors (Lipinski definition) is 1. The average molecular weight is 361 g/mol. The van der Waals surface area contributed by atoms with Crippen LogP contribution >= 0.6 is 0 Å². The fourth-order valence-corrected chi connectivity index (χ4v) is 2.70. The number of rotatable bonds is 3. The van der Waals surface area contributed by atoms with E-state index in [2.05, 4.69) is 5.10 Å². The Bertz CT molecular complexity index is 927. The highest BCUT2D eigenvalue weighted by Gasteiger charge is 2.31. The third kappa shape index (κ3) is 3.33. The smallest absolute Gasteiger partial charge is 0.334 e. The molecule has 1 unspecified atom stereocenters. The zero-order valence-corrected chi connectivity index (χ0v) is 13.9. The maximum atomic E-state index is 14.1. The first-order chi connectivity index (χ1) is 12.4. The van der Waals surface area contributed by atoms with E-state index in [0.717, 1.165) is 0 Å². The molecule has 0 spiro atoms. The predicted octanol–water partition coefficient (Wildman–Crippen LogP) is 0.606. The number of aliphatic carboxylic acids is 1. The number of carbonyl (C=O) groups is 2. The third-order valence-electron chi connectivity index (χ3n) is 4.02. The number of halogens is 1. The first-order valence-corrected chi connectivity index (χ1v) is 7.88. The van der Waals surface area contributed by atoms with Gasteiger partial charge < -0.3 is 14.7 Å². The molecule has 0 aliphatic carbocycles. The normalized spacial score (nSPS) is 17.2. The molecule has 136 valence electrons. The number of aryl methyl sites for hydroxylation is 1. The Morgan fingerprint density at radius 2 is 2.08 bits per heavy atom. The quantitative estimate of drug-likeness (QED) is 0.859. The number of hydrogen-bond acceptors (Lipinski definition) is 5. The standard InChI is InChI=1S/C17H16FN3O5/c1-10-8-13(22)15(19-21(10)12-5-3-2-4-11(12)18)16(23)20-6-7-26-14(9-20)17(24)25/h2-5,8,14H,6-7,9H2,1H3,(H,24,25). The van der Waals surface area contributed by atoms with E-state index in [4.69, 9.17) is 9.84 Å². The summed E-state index contributed by atoms with van der Waals surface area (Å²) in [5.74, 6) is -2.46. The van der Waals surface area contributed by atoms with Gasteiger partial charge >= 0.3 is 5.97 Å². The molecular weight excluding hydrogens is 345 g/mol. The van der Waals surface area contributed by atoms with Crippen molar-refractivity contribution < 1.29 is 23.8 Å². The van der Waals surface area contributed by atoms with E-state index in [0.29, 0.717) is 5.69 Å². The molecule has 1 aromatic carbocycles. The molecule has 0 bridgehead atoms. The van der Waals surface area contributed by atoms with Gasteiger partial charge in [0.1, 0.15) is 11.5 Å². The molecule has 1 aliphatic heterocycles. The number of para-hydroxylation sites is 1. The number of amides is 1. The van der Waals surface area contributed by atoms with Crippen molar-refractivity contribution >= 4 is 11.9 Å². The van der Waals surface area contributed by atoms with Crippen LogP contribution in [0, 0.1) is 12.7 Å². The van der Waals surface area contributed by atoms with Gasteiger partial charge in [0.15, 0.2) is 11.8 Å². The summed E-state index contributed by atoms with van der Waals surface area (Å²) in [6.07, 6.45) is -1.16. The molecule has 1 saturated heterocycles. The van der Waals surface area contributed by atoms with Crippen molar-refractivity contribution in [2.75, 3.05) is 19.7 Å². The van der Waals surface area contributed by atoms with Gasteiger partial charge in [0.2, 0.25) is 5.43 Å². The van der Waals surface area contributed by atoms with Crippen molar-refractivity contribution in [3.8, 4) is 5.69 Å². The number of nitrogens with zero attached hydrogens (tertiary/aromatic N) is 3. The van der Waals surface area contributed by atoms with Gasteiger partial charge in [0.25, 0.3) is 5.91 Å². The number of morpholine rings is 1. The molecule has 1 atom stereocenters. The topological polar surface area (TPSA) is 102 Å². The second-order valence-corrected chi connectivity index (χ2v) is 5.81. The third-order valence-corrected chi connectivity index (χ3v) is 4.02. The van der Waals surface area contributed by atoms with Crippen LogP contribution in [-0.2, 0) is 9.53 Å². The molecule has 1 fully saturated rings. The highest BCUT2D eigenvalue weighted by Crippen LogP contribution is 2.14. The maximum Gasteiger partial charge on any atom is 0.334 e. The number of benzene rings is 1. The summed E-state index contributed by atoms with van der Waals surface area (Å²) in [6.45, 7) is 1.56. The minimum absolute atomic E-state index is 0.0378. The highest BCUT2D eigenvalue weighted by atomic mass is 19.1. The lowest BCUT2D eigenvalue weighted by Gasteiger charge is -2.30. The summed E-state index contributed by atoms with van der Waals surface area (Å²) in [5.41, 5.74) is -0.546. The fraction of sp³-hybridized carbons (Fsp3) is 0.294. The van der Waals surface area contributed by atoms with E-state index in [9.17, 15) is 18.8 Å². The van der Waals surface area contributed by atoms with Crippen LogP contribution in [0.4, 0.5) is 4.39 Å². The van der Waals surface area contributed by atoms with Crippen LogP contribution in [0.2, 0.25) is 0 Å². The first-order valence-electron chi connectivity index (χ1n) is 7.88. The van der Waals surface area contributed by atoms with E-state index in [1.165, 1.54) is 33.8 Å². The van der Waals surface area contributed by atoms with Crippen LogP contribution < -0.4 is 5.43 Å². The lowest BCUT2D eigenvalue weighted by molar-refractivity contribution is -0.154. The molecule has 1 aromatic heterocycles. The Kier molecular flexibility index (Phi) is 4.81. The first kappa shape index (κ1) is 17.7. The maximum absolute atomic E-state index is 14.1. The molecule has 1 amide bonds. The van der Waals surface area contributed by atoms with E-state index in [1.807, 2.05) is 0 Å². The average Bonchev–Trinajstić information content (AvgIpc) is 2.62. The molecule has 9 heteroatoms. The molecule has 2 heterocycles. The zero-order chi connectivity index (χ0) is 18.8. The van der Waals surface area contributed by atoms with Crippen LogP contribution in [0.25, 0.3) is 5.69 Å². The number of carboxylic acids is 1. The second kappa shape index (κ2) is 7.04. The van der Waals surface area contributed by atoms with Gasteiger partial charge in [-0.3, -0.25) is 9.59 Å². The van der Waals surface area contributed by atoms with Gasteiger partial charge in [-0.2, -0.15) is 5.10 Å². The van der Waals surface area contributed by atoms with E-state index in [-0.39, 0.29) is 25.4 Å². The Morgan fingerprint density at radius 3 is 2.77 bits per heavy atom.